The Bertz CT molecular complexity index is 329. The molecule has 0 bridgehead atoms. The molecule has 4 heteroatoms. The molecular formula is C11H14O4. The number of cyclic esters (lactones) is 1. The van der Waals surface area contributed by atoms with Crippen LogP contribution in [0, 0.1) is 17.8 Å². The summed E-state index contributed by atoms with van der Waals surface area (Å²) in [5, 5.41) is 9.23. The monoisotopic (exact) mass is 210 g/mol. The van der Waals surface area contributed by atoms with E-state index in [0.717, 1.165) is 25.7 Å². The third kappa shape index (κ3) is 1.27. The highest BCUT2D eigenvalue weighted by Gasteiger charge is 2.62. The van der Waals surface area contributed by atoms with Gasteiger partial charge in [0.1, 0.15) is 0 Å². The van der Waals surface area contributed by atoms with Gasteiger partial charge in [0, 0.05) is 12.3 Å². The summed E-state index contributed by atoms with van der Waals surface area (Å²) in [5.41, 5.74) is -1.16. The third-order valence-electron chi connectivity index (χ3n) is 3.90. The molecule has 4 nitrogen and oxygen atoms in total. The average molecular weight is 210 g/mol. The normalized spacial score (nSPS) is 40.3. The molecule has 0 amide bonds. The van der Waals surface area contributed by atoms with Gasteiger partial charge in [0.05, 0.1) is 5.92 Å². The summed E-state index contributed by atoms with van der Waals surface area (Å²) in [4.78, 5) is 22.9. The number of carbonyl (C=O) groups excluding carboxylic acids is 1. The molecule has 0 spiro atoms. The number of carbonyl (C=O) groups is 2. The molecule has 1 saturated heterocycles. The van der Waals surface area contributed by atoms with E-state index >= 15 is 0 Å². The molecular weight excluding hydrogens is 196 g/mol. The van der Waals surface area contributed by atoms with E-state index in [1.807, 2.05) is 0 Å². The van der Waals surface area contributed by atoms with Gasteiger partial charge in [-0.05, 0) is 31.6 Å². The highest BCUT2D eigenvalue weighted by Crippen LogP contribution is 2.53. The van der Waals surface area contributed by atoms with Crippen LogP contribution in [0.1, 0.15) is 32.1 Å². The van der Waals surface area contributed by atoms with E-state index in [4.69, 9.17) is 4.74 Å². The van der Waals surface area contributed by atoms with Crippen molar-refractivity contribution in [2.45, 2.75) is 37.7 Å². The van der Waals surface area contributed by atoms with E-state index in [-0.39, 0.29) is 17.8 Å². The average Bonchev–Trinajstić information content (AvgIpc) is 3.05. The first-order chi connectivity index (χ1) is 7.13. The number of hydrogen-bond acceptors (Lipinski definition) is 3. The zero-order chi connectivity index (χ0) is 10.6. The van der Waals surface area contributed by atoms with Crippen LogP contribution in [0.3, 0.4) is 0 Å². The highest BCUT2D eigenvalue weighted by atomic mass is 16.6. The third-order valence-corrected chi connectivity index (χ3v) is 3.90. The van der Waals surface area contributed by atoms with Crippen LogP contribution in [0.5, 0.6) is 0 Å². The Hall–Kier alpha value is -1.06. The van der Waals surface area contributed by atoms with Crippen LogP contribution in [-0.4, -0.2) is 22.6 Å². The number of carboxylic acids is 1. The summed E-state index contributed by atoms with van der Waals surface area (Å²) in [6.45, 7) is 0. The zero-order valence-electron chi connectivity index (χ0n) is 8.44. The first-order valence-corrected chi connectivity index (χ1v) is 5.60. The van der Waals surface area contributed by atoms with E-state index in [2.05, 4.69) is 0 Å². The Kier molecular flexibility index (Phi) is 1.68. The Balaban J connectivity index is 1.85. The number of aliphatic carboxylic acids is 1. The fourth-order valence-electron chi connectivity index (χ4n) is 2.67. The number of hydrogen-bond donors (Lipinski definition) is 1. The second-order valence-electron chi connectivity index (χ2n) is 5.04. The van der Waals surface area contributed by atoms with E-state index in [1.165, 1.54) is 0 Å². The lowest BCUT2D eigenvalue weighted by Gasteiger charge is -2.21. The maximum absolute atomic E-state index is 11.6. The van der Waals surface area contributed by atoms with Crippen molar-refractivity contribution in [3.05, 3.63) is 0 Å². The van der Waals surface area contributed by atoms with Gasteiger partial charge in [-0.1, -0.05) is 0 Å². The van der Waals surface area contributed by atoms with Gasteiger partial charge < -0.3 is 9.84 Å². The first kappa shape index (κ1) is 9.19. The van der Waals surface area contributed by atoms with Crippen molar-refractivity contribution in [2.75, 3.05) is 0 Å². The summed E-state index contributed by atoms with van der Waals surface area (Å²) >= 11 is 0. The van der Waals surface area contributed by atoms with Crippen LogP contribution in [0.25, 0.3) is 0 Å². The van der Waals surface area contributed by atoms with Crippen molar-refractivity contribution in [3.63, 3.8) is 0 Å². The largest absolute Gasteiger partial charge is 0.478 e. The van der Waals surface area contributed by atoms with Crippen molar-refractivity contribution in [2.24, 2.45) is 17.8 Å². The molecule has 1 heterocycles. The molecule has 0 aromatic carbocycles. The lowest BCUT2D eigenvalue weighted by atomic mass is 9.87. The number of esters is 1. The molecule has 82 valence electrons. The van der Waals surface area contributed by atoms with Gasteiger partial charge in [-0.25, -0.2) is 4.79 Å². The molecule has 2 aliphatic carbocycles. The van der Waals surface area contributed by atoms with Gasteiger partial charge in [-0.15, -0.1) is 0 Å². The Morgan fingerprint density at radius 3 is 2.47 bits per heavy atom. The highest BCUT2D eigenvalue weighted by molar-refractivity contribution is 5.87. The van der Waals surface area contributed by atoms with Crippen molar-refractivity contribution < 1.29 is 19.4 Å². The minimum absolute atomic E-state index is 0.0719. The van der Waals surface area contributed by atoms with Crippen LogP contribution in [0.15, 0.2) is 0 Å². The van der Waals surface area contributed by atoms with Gasteiger partial charge in [-0.3, -0.25) is 4.79 Å². The number of carboxylic acid groups (broad SMARTS) is 1. The van der Waals surface area contributed by atoms with Crippen molar-refractivity contribution in [1.29, 1.82) is 0 Å². The van der Waals surface area contributed by atoms with Gasteiger partial charge in [0.15, 0.2) is 0 Å². The van der Waals surface area contributed by atoms with Gasteiger partial charge in [0.25, 0.3) is 0 Å². The topological polar surface area (TPSA) is 63.6 Å². The Morgan fingerprint density at radius 1 is 1.33 bits per heavy atom. The summed E-state index contributed by atoms with van der Waals surface area (Å²) < 4.78 is 5.21. The van der Waals surface area contributed by atoms with E-state index in [0.29, 0.717) is 12.3 Å². The second kappa shape index (κ2) is 2.74. The van der Waals surface area contributed by atoms with Crippen LogP contribution in [-0.2, 0) is 14.3 Å². The van der Waals surface area contributed by atoms with Crippen LogP contribution in [0.4, 0.5) is 0 Å². The molecule has 15 heavy (non-hydrogen) atoms. The lowest BCUT2D eigenvalue weighted by Crippen LogP contribution is -2.40. The second-order valence-corrected chi connectivity index (χ2v) is 5.04. The maximum Gasteiger partial charge on any atom is 0.348 e. The minimum atomic E-state index is -1.16. The zero-order valence-corrected chi connectivity index (χ0v) is 8.44. The molecule has 0 radical (unpaired) electrons. The molecule has 0 aromatic heterocycles. The van der Waals surface area contributed by atoms with Crippen LogP contribution >= 0.6 is 0 Å². The lowest BCUT2D eigenvalue weighted by molar-refractivity contribution is -0.172. The number of ether oxygens (including phenoxy) is 1. The minimum Gasteiger partial charge on any atom is -0.478 e. The summed E-state index contributed by atoms with van der Waals surface area (Å²) in [6, 6.07) is 0. The Labute approximate surface area is 87.6 Å². The van der Waals surface area contributed by atoms with E-state index < -0.39 is 11.6 Å². The molecule has 3 aliphatic rings. The Morgan fingerprint density at radius 2 is 2.00 bits per heavy atom. The molecule has 0 aromatic rings. The van der Waals surface area contributed by atoms with Crippen LogP contribution < -0.4 is 0 Å². The van der Waals surface area contributed by atoms with Gasteiger partial charge in [0.2, 0.25) is 5.60 Å². The molecule has 1 aliphatic heterocycles. The summed E-state index contributed by atoms with van der Waals surface area (Å²) in [7, 11) is 0. The molecule has 3 rings (SSSR count). The molecule has 2 atom stereocenters. The van der Waals surface area contributed by atoms with E-state index in [1.54, 1.807) is 0 Å². The van der Waals surface area contributed by atoms with Crippen molar-refractivity contribution in [3.8, 4) is 0 Å². The quantitative estimate of drug-likeness (QED) is 0.711. The van der Waals surface area contributed by atoms with Crippen LogP contribution in [0.2, 0.25) is 0 Å². The molecule has 2 saturated carbocycles. The molecule has 3 fully saturated rings. The van der Waals surface area contributed by atoms with Gasteiger partial charge >= 0.3 is 11.9 Å². The predicted octanol–water partition coefficient (Wildman–Crippen LogP) is 1.19. The van der Waals surface area contributed by atoms with Crippen molar-refractivity contribution >= 4 is 11.9 Å². The maximum atomic E-state index is 11.6. The van der Waals surface area contributed by atoms with Gasteiger partial charge in [-0.2, -0.15) is 0 Å². The fourth-order valence-corrected chi connectivity index (χ4v) is 2.67. The fraction of sp³-hybridized carbons (Fsp3) is 0.818. The first-order valence-electron chi connectivity index (χ1n) is 5.60. The molecule has 1 N–H and O–H groups in total. The number of rotatable bonds is 3. The summed E-state index contributed by atoms with van der Waals surface area (Å²) in [6.07, 6.45) is 4.30. The predicted molar refractivity (Wildman–Crippen MR) is 50.0 cm³/mol. The van der Waals surface area contributed by atoms with E-state index in [9.17, 15) is 14.7 Å². The smallest absolute Gasteiger partial charge is 0.348 e. The SMILES string of the molecule is O=C1OC(C(=O)O)(C2CC2)CC1C1CC1. The molecule has 2 unspecified atom stereocenters. The van der Waals surface area contributed by atoms with Crippen molar-refractivity contribution in [1.82, 2.24) is 0 Å². The summed E-state index contributed by atoms with van der Waals surface area (Å²) in [5.74, 6) is -0.879. The standard InChI is InChI=1S/C11H14O4/c12-9-8(6-1-2-6)5-11(15-9,10(13)14)7-3-4-7/h6-8H,1-5H2,(H,13,14).